The van der Waals surface area contributed by atoms with Crippen molar-refractivity contribution in [3.05, 3.63) is 126 Å². The van der Waals surface area contributed by atoms with Crippen LogP contribution in [0.5, 0.6) is 0 Å². The molecular formula is C31H26N6OS. The van der Waals surface area contributed by atoms with Crippen LogP contribution in [-0.4, -0.2) is 33.6 Å². The maximum absolute atomic E-state index is 12.3. The minimum Gasteiger partial charge on any atom is -0.333 e. The Labute approximate surface area is 230 Å². The molecule has 6 rings (SSSR count). The minimum atomic E-state index is -0.195. The van der Waals surface area contributed by atoms with Crippen LogP contribution < -0.4 is 10.4 Å². The lowest BCUT2D eigenvalue weighted by atomic mass is 9.98. The van der Waals surface area contributed by atoms with Crippen molar-refractivity contribution in [3.8, 4) is 0 Å². The van der Waals surface area contributed by atoms with Crippen molar-refractivity contribution < 1.29 is 4.79 Å². The quantitative estimate of drug-likeness (QED) is 0.143. The molecule has 192 valence electrons. The van der Waals surface area contributed by atoms with E-state index < -0.39 is 0 Å². The fourth-order valence-corrected chi connectivity index (χ4v) is 5.22. The molecule has 8 heteroatoms. The summed E-state index contributed by atoms with van der Waals surface area (Å²) in [6.45, 7) is 0. The van der Waals surface area contributed by atoms with Gasteiger partial charge in [0.05, 0.1) is 40.4 Å². The average Bonchev–Trinajstić information content (AvgIpc) is 3.62. The van der Waals surface area contributed by atoms with Crippen molar-refractivity contribution in [2.45, 2.75) is 17.6 Å². The highest BCUT2D eigenvalue weighted by atomic mass is 32.2. The van der Waals surface area contributed by atoms with Gasteiger partial charge in [0.2, 0.25) is 0 Å². The van der Waals surface area contributed by atoms with Crippen molar-refractivity contribution in [3.63, 3.8) is 0 Å². The van der Waals surface area contributed by atoms with Crippen LogP contribution >= 0.6 is 11.8 Å². The molecule has 0 radical (unpaired) electrons. The highest BCUT2D eigenvalue weighted by Crippen LogP contribution is 2.36. The summed E-state index contributed by atoms with van der Waals surface area (Å²) in [5.74, 6) is 0.0205. The van der Waals surface area contributed by atoms with E-state index >= 15 is 0 Å². The Morgan fingerprint density at radius 1 is 0.949 bits per heavy atom. The Balaban J connectivity index is 1.10. The number of fused-ring (bicyclic) bond motifs is 1. The number of imidazole rings is 1. The molecule has 1 aliphatic heterocycles. The van der Waals surface area contributed by atoms with Gasteiger partial charge in [0.15, 0.2) is 5.16 Å². The van der Waals surface area contributed by atoms with Crippen LogP contribution in [0.3, 0.4) is 0 Å². The first kappa shape index (κ1) is 24.6. The summed E-state index contributed by atoms with van der Waals surface area (Å²) >= 11 is 1.34. The van der Waals surface area contributed by atoms with Gasteiger partial charge in [0.25, 0.3) is 5.91 Å². The summed E-state index contributed by atoms with van der Waals surface area (Å²) in [5, 5.41) is 11.9. The number of aromatic amines is 1. The molecule has 1 unspecified atom stereocenters. The van der Waals surface area contributed by atoms with E-state index in [1.165, 1.54) is 17.3 Å². The molecule has 7 nitrogen and oxygen atoms in total. The zero-order chi connectivity index (χ0) is 26.4. The first-order valence-corrected chi connectivity index (χ1v) is 13.7. The van der Waals surface area contributed by atoms with Gasteiger partial charge in [-0.3, -0.25) is 9.80 Å². The number of hydrogen-bond donors (Lipinski definition) is 2. The first-order chi connectivity index (χ1) is 19.2. The predicted octanol–water partition coefficient (Wildman–Crippen LogP) is 6.16. The Morgan fingerprint density at radius 3 is 2.44 bits per heavy atom. The summed E-state index contributed by atoms with van der Waals surface area (Å²) in [7, 11) is 0. The Bertz CT molecular complexity index is 1600. The number of para-hydroxylation sites is 2. The van der Waals surface area contributed by atoms with E-state index in [-0.39, 0.29) is 17.7 Å². The molecule has 1 aromatic heterocycles. The average molecular weight is 531 g/mol. The molecule has 0 spiro atoms. The van der Waals surface area contributed by atoms with Crippen LogP contribution in [-0.2, 0) is 4.79 Å². The third kappa shape index (κ3) is 5.76. The van der Waals surface area contributed by atoms with Gasteiger partial charge < -0.3 is 4.98 Å². The Hall–Kier alpha value is -4.69. The molecule has 0 saturated carbocycles. The number of H-pyrrole nitrogens is 1. The maximum atomic E-state index is 12.3. The van der Waals surface area contributed by atoms with Gasteiger partial charge >= 0.3 is 0 Å². The number of amides is 1. The summed E-state index contributed by atoms with van der Waals surface area (Å²) in [6.07, 6.45) is 2.47. The standard InChI is InChI=1S/C31H26N6OS/c38-30(21-39-31-33-26-13-7-8-14-27(26)34-31)35-32-20-22-15-17-25(18-16-22)37-29(24-11-5-2-6-12-24)19-28(36-37)23-9-3-1-4-10-23/h1-18,20,29H,19,21H2,(H,33,34)(H,35,38)/b32-20+. The van der Waals surface area contributed by atoms with Crippen molar-refractivity contribution in [1.82, 2.24) is 15.4 Å². The van der Waals surface area contributed by atoms with Gasteiger partial charge in [-0.05, 0) is 41.0 Å². The van der Waals surface area contributed by atoms with Gasteiger partial charge in [-0.2, -0.15) is 10.2 Å². The van der Waals surface area contributed by atoms with Gasteiger partial charge in [-0.15, -0.1) is 0 Å². The molecule has 0 aliphatic carbocycles. The number of nitrogens with one attached hydrogen (secondary N) is 2. The molecular weight excluding hydrogens is 504 g/mol. The van der Waals surface area contributed by atoms with E-state index in [1.54, 1.807) is 6.21 Å². The second-order valence-electron chi connectivity index (χ2n) is 9.12. The Kier molecular flexibility index (Phi) is 7.18. The van der Waals surface area contributed by atoms with Gasteiger partial charge in [-0.25, -0.2) is 10.4 Å². The van der Waals surface area contributed by atoms with Gasteiger partial charge in [-0.1, -0.05) is 96.7 Å². The number of carbonyl (C=O) groups is 1. The zero-order valence-electron chi connectivity index (χ0n) is 21.1. The van der Waals surface area contributed by atoms with Crippen LogP contribution in [0, 0.1) is 0 Å². The van der Waals surface area contributed by atoms with E-state index in [2.05, 4.69) is 61.9 Å². The van der Waals surface area contributed by atoms with E-state index in [0.29, 0.717) is 5.16 Å². The Morgan fingerprint density at radius 2 is 1.67 bits per heavy atom. The van der Waals surface area contributed by atoms with Gasteiger partial charge in [0, 0.05) is 6.42 Å². The topological polar surface area (TPSA) is 85.7 Å². The van der Waals surface area contributed by atoms with E-state index in [1.807, 2.05) is 72.8 Å². The highest BCUT2D eigenvalue weighted by molar-refractivity contribution is 7.99. The van der Waals surface area contributed by atoms with Gasteiger partial charge in [0.1, 0.15) is 0 Å². The SMILES string of the molecule is O=C(CSc1nc2ccccc2[nH]1)N/N=C/c1ccc(N2N=C(c3ccccc3)CC2c2ccccc2)cc1. The molecule has 4 aromatic carbocycles. The highest BCUT2D eigenvalue weighted by Gasteiger charge is 2.29. The van der Waals surface area contributed by atoms with Crippen molar-refractivity contribution in [1.29, 1.82) is 0 Å². The van der Waals surface area contributed by atoms with Crippen LogP contribution in [0.2, 0.25) is 0 Å². The smallest absolute Gasteiger partial charge is 0.250 e. The van der Waals surface area contributed by atoms with E-state index in [9.17, 15) is 4.79 Å². The third-order valence-electron chi connectivity index (χ3n) is 6.47. The summed E-state index contributed by atoms with van der Waals surface area (Å²) in [4.78, 5) is 19.9. The summed E-state index contributed by atoms with van der Waals surface area (Å²) < 4.78 is 0. The lowest BCUT2D eigenvalue weighted by Crippen LogP contribution is -2.19. The number of rotatable bonds is 8. The molecule has 39 heavy (non-hydrogen) atoms. The molecule has 0 fully saturated rings. The molecule has 5 aromatic rings. The minimum absolute atomic E-state index is 0.115. The van der Waals surface area contributed by atoms with Crippen LogP contribution in [0.25, 0.3) is 11.0 Å². The maximum Gasteiger partial charge on any atom is 0.250 e. The molecule has 0 bridgehead atoms. The molecule has 2 heterocycles. The number of carbonyl (C=O) groups excluding carboxylic acids is 1. The monoisotopic (exact) mass is 530 g/mol. The number of hydrogen-bond acceptors (Lipinski definition) is 6. The van der Waals surface area contributed by atoms with Crippen molar-refractivity contribution >= 4 is 46.3 Å². The molecule has 0 saturated heterocycles. The van der Waals surface area contributed by atoms with Crippen molar-refractivity contribution in [2.24, 2.45) is 10.2 Å². The number of nitrogens with zero attached hydrogens (tertiary/aromatic N) is 4. The van der Waals surface area contributed by atoms with Crippen molar-refractivity contribution in [2.75, 3.05) is 10.8 Å². The molecule has 1 aliphatic rings. The lowest BCUT2D eigenvalue weighted by Gasteiger charge is -2.24. The van der Waals surface area contributed by atoms with Crippen LogP contribution in [0.4, 0.5) is 5.69 Å². The number of thioether (sulfide) groups is 1. The van der Waals surface area contributed by atoms with E-state index in [4.69, 9.17) is 5.10 Å². The largest absolute Gasteiger partial charge is 0.333 e. The second-order valence-corrected chi connectivity index (χ2v) is 10.1. The third-order valence-corrected chi connectivity index (χ3v) is 7.34. The second kappa shape index (κ2) is 11.4. The van der Waals surface area contributed by atoms with Crippen LogP contribution in [0.1, 0.15) is 29.2 Å². The normalized spacial score (nSPS) is 15.1. The number of hydrazone groups is 2. The summed E-state index contributed by atoms with van der Waals surface area (Å²) in [6, 6.07) is 36.7. The van der Waals surface area contributed by atoms with Crippen LogP contribution in [0.15, 0.2) is 125 Å². The summed E-state index contributed by atoms with van der Waals surface area (Å²) in [5.41, 5.74) is 9.74. The fraction of sp³-hybridized carbons (Fsp3) is 0.0968. The molecule has 1 amide bonds. The van der Waals surface area contributed by atoms with E-state index in [0.717, 1.165) is 40.0 Å². The number of benzene rings is 4. The molecule has 1 atom stereocenters. The number of anilines is 1. The zero-order valence-corrected chi connectivity index (χ0v) is 21.9. The lowest BCUT2D eigenvalue weighted by molar-refractivity contribution is -0.118. The molecule has 2 N–H and O–H groups in total. The first-order valence-electron chi connectivity index (χ1n) is 12.7. The fourth-order valence-electron chi connectivity index (χ4n) is 4.54. The predicted molar refractivity (Wildman–Crippen MR) is 158 cm³/mol. The number of aromatic nitrogens is 2.